The second-order valence-electron chi connectivity index (χ2n) is 6.43. The van der Waals surface area contributed by atoms with Gasteiger partial charge in [0.25, 0.3) is 5.91 Å². The van der Waals surface area contributed by atoms with E-state index in [1.54, 1.807) is 12.1 Å². The van der Waals surface area contributed by atoms with Crippen LogP contribution >= 0.6 is 0 Å². The smallest absolute Gasteiger partial charge is 0.251 e. The van der Waals surface area contributed by atoms with Gasteiger partial charge in [-0.15, -0.1) is 0 Å². The minimum absolute atomic E-state index is 0.119. The van der Waals surface area contributed by atoms with Gasteiger partial charge in [0.1, 0.15) is 5.75 Å². The number of ether oxygens (including phenoxy) is 3. The van der Waals surface area contributed by atoms with Crippen molar-refractivity contribution in [3.8, 4) is 17.2 Å². The molecule has 1 amide bonds. The molecule has 0 fully saturated rings. The van der Waals surface area contributed by atoms with E-state index < -0.39 is 0 Å². The lowest BCUT2D eigenvalue weighted by atomic mass is 10.1. The summed E-state index contributed by atoms with van der Waals surface area (Å²) in [5.74, 6) is 2.73. The fourth-order valence-electron chi connectivity index (χ4n) is 2.45. The Morgan fingerprint density at radius 2 is 1.88 bits per heavy atom. The van der Waals surface area contributed by atoms with Crippen LogP contribution in [0.3, 0.4) is 0 Å². The van der Waals surface area contributed by atoms with Crippen molar-refractivity contribution in [1.29, 1.82) is 0 Å². The van der Waals surface area contributed by atoms with Gasteiger partial charge in [-0.05, 0) is 54.3 Å². The van der Waals surface area contributed by atoms with Gasteiger partial charge in [0.05, 0.1) is 6.61 Å². The molecule has 3 rings (SSSR count). The molecule has 0 saturated heterocycles. The summed E-state index contributed by atoms with van der Waals surface area (Å²) in [6.45, 7) is 5.69. The summed E-state index contributed by atoms with van der Waals surface area (Å²) in [6.07, 6.45) is 1.01. The highest BCUT2D eigenvalue weighted by molar-refractivity contribution is 5.94. The molecule has 1 heterocycles. The summed E-state index contributed by atoms with van der Waals surface area (Å²) in [5.41, 5.74) is 1.57. The van der Waals surface area contributed by atoms with Crippen LogP contribution in [0.4, 0.5) is 0 Å². The fraction of sp³-hybridized carbons (Fsp3) is 0.350. The van der Waals surface area contributed by atoms with E-state index in [2.05, 4.69) is 19.2 Å². The SMILES string of the molecule is CC(C)CCOc1ccc(C(=O)NCc2ccc3c(c2)OCO3)cc1. The first-order chi connectivity index (χ1) is 12.1. The predicted molar refractivity (Wildman–Crippen MR) is 95.1 cm³/mol. The summed E-state index contributed by atoms with van der Waals surface area (Å²) in [6, 6.07) is 12.9. The number of hydrogen-bond acceptors (Lipinski definition) is 4. The van der Waals surface area contributed by atoms with Crippen LogP contribution < -0.4 is 19.5 Å². The molecule has 25 heavy (non-hydrogen) atoms. The Labute approximate surface area is 147 Å². The molecule has 0 atom stereocenters. The molecule has 1 aliphatic heterocycles. The third-order valence-electron chi connectivity index (χ3n) is 3.97. The van der Waals surface area contributed by atoms with Gasteiger partial charge in [-0.2, -0.15) is 0 Å². The van der Waals surface area contributed by atoms with E-state index in [9.17, 15) is 4.79 Å². The maximum absolute atomic E-state index is 12.3. The van der Waals surface area contributed by atoms with E-state index in [4.69, 9.17) is 14.2 Å². The Kier molecular flexibility index (Phi) is 5.43. The molecule has 1 aliphatic rings. The molecule has 2 aromatic carbocycles. The van der Waals surface area contributed by atoms with Gasteiger partial charge in [0, 0.05) is 12.1 Å². The van der Waals surface area contributed by atoms with E-state index in [1.807, 2.05) is 30.3 Å². The Morgan fingerprint density at radius 1 is 1.12 bits per heavy atom. The number of carbonyl (C=O) groups is 1. The van der Waals surface area contributed by atoms with Crippen LogP contribution in [-0.2, 0) is 6.54 Å². The Morgan fingerprint density at radius 3 is 2.64 bits per heavy atom. The molecule has 0 radical (unpaired) electrons. The maximum Gasteiger partial charge on any atom is 0.251 e. The normalized spacial score (nSPS) is 12.3. The first-order valence-corrected chi connectivity index (χ1v) is 8.51. The molecule has 5 heteroatoms. The van der Waals surface area contributed by atoms with E-state index in [1.165, 1.54) is 0 Å². The molecule has 0 aliphatic carbocycles. The van der Waals surface area contributed by atoms with Crippen LogP contribution in [0.1, 0.15) is 36.2 Å². The van der Waals surface area contributed by atoms with Crippen molar-refractivity contribution in [1.82, 2.24) is 5.32 Å². The Balaban J connectivity index is 1.51. The number of hydrogen-bond donors (Lipinski definition) is 1. The second kappa shape index (κ2) is 7.92. The van der Waals surface area contributed by atoms with E-state index in [0.29, 0.717) is 24.6 Å². The molecule has 0 unspecified atom stereocenters. The topological polar surface area (TPSA) is 56.8 Å². The summed E-state index contributed by atoms with van der Waals surface area (Å²) >= 11 is 0. The summed E-state index contributed by atoms with van der Waals surface area (Å²) in [7, 11) is 0. The zero-order chi connectivity index (χ0) is 17.6. The lowest BCUT2D eigenvalue weighted by Crippen LogP contribution is -2.22. The van der Waals surface area contributed by atoms with Gasteiger partial charge in [-0.3, -0.25) is 4.79 Å². The molecule has 2 aromatic rings. The average Bonchev–Trinajstić information content (AvgIpc) is 3.07. The van der Waals surface area contributed by atoms with Crippen molar-refractivity contribution in [2.24, 2.45) is 5.92 Å². The maximum atomic E-state index is 12.3. The first kappa shape index (κ1) is 17.1. The summed E-state index contributed by atoms with van der Waals surface area (Å²) in [5, 5.41) is 2.91. The van der Waals surface area contributed by atoms with Gasteiger partial charge >= 0.3 is 0 Å². The van der Waals surface area contributed by atoms with Crippen LogP contribution in [0.25, 0.3) is 0 Å². The van der Waals surface area contributed by atoms with Gasteiger partial charge in [-0.1, -0.05) is 19.9 Å². The van der Waals surface area contributed by atoms with Crippen molar-refractivity contribution >= 4 is 5.91 Å². The van der Waals surface area contributed by atoms with E-state index in [0.717, 1.165) is 29.2 Å². The number of rotatable bonds is 7. The molecule has 132 valence electrons. The standard InChI is InChI=1S/C20H23NO4/c1-14(2)9-10-23-17-6-4-16(5-7-17)20(22)21-12-15-3-8-18-19(11-15)25-13-24-18/h3-8,11,14H,9-10,12-13H2,1-2H3,(H,21,22). The number of nitrogens with one attached hydrogen (secondary N) is 1. The Hall–Kier alpha value is -2.69. The fourth-order valence-corrected chi connectivity index (χ4v) is 2.45. The van der Waals surface area contributed by atoms with Gasteiger partial charge in [-0.25, -0.2) is 0 Å². The lowest BCUT2D eigenvalue weighted by Gasteiger charge is -2.09. The highest BCUT2D eigenvalue weighted by Crippen LogP contribution is 2.32. The van der Waals surface area contributed by atoms with Crippen LogP contribution in [0, 0.1) is 5.92 Å². The van der Waals surface area contributed by atoms with Gasteiger partial charge < -0.3 is 19.5 Å². The second-order valence-corrected chi connectivity index (χ2v) is 6.43. The van der Waals surface area contributed by atoms with E-state index >= 15 is 0 Å². The van der Waals surface area contributed by atoms with Crippen molar-refractivity contribution in [2.75, 3.05) is 13.4 Å². The number of amides is 1. The zero-order valence-electron chi connectivity index (χ0n) is 14.6. The highest BCUT2D eigenvalue weighted by atomic mass is 16.7. The van der Waals surface area contributed by atoms with E-state index in [-0.39, 0.29) is 12.7 Å². The molecule has 0 bridgehead atoms. The van der Waals surface area contributed by atoms with Crippen molar-refractivity contribution in [3.63, 3.8) is 0 Å². The average molecular weight is 341 g/mol. The molecule has 0 spiro atoms. The molecular weight excluding hydrogens is 318 g/mol. The summed E-state index contributed by atoms with van der Waals surface area (Å²) in [4.78, 5) is 12.3. The first-order valence-electron chi connectivity index (χ1n) is 8.51. The number of fused-ring (bicyclic) bond motifs is 1. The minimum atomic E-state index is -0.119. The van der Waals surface area contributed by atoms with Crippen molar-refractivity contribution in [3.05, 3.63) is 53.6 Å². The summed E-state index contributed by atoms with van der Waals surface area (Å²) < 4.78 is 16.3. The number of benzene rings is 2. The third kappa shape index (κ3) is 4.66. The monoisotopic (exact) mass is 341 g/mol. The Bertz CT molecular complexity index is 725. The van der Waals surface area contributed by atoms with Gasteiger partial charge in [0.15, 0.2) is 11.5 Å². The largest absolute Gasteiger partial charge is 0.494 e. The van der Waals surface area contributed by atoms with Crippen LogP contribution in [0.15, 0.2) is 42.5 Å². The third-order valence-corrected chi connectivity index (χ3v) is 3.97. The van der Waals surface area contributed by atoms with Gasteiger partial charge in [0.2, 0.25) is 6.79 Å². The molecule has 0 aromatic heterocycles. The molecule has 1 N–H and O–H groups in total. The molecule has 0 saturated carbocycles. The molecule has 5 nitrogen and oxygen atoms in total. The van der Waals surface area contributed by atoms with Crippen molar-refractivity contribution in [2.45, 2.75) is 26.8 Å². The number of carbonyl (C=O) groups excluding carboxylic acids is 1. The minimum Gasteiger partial charge on any atom is -0.494 e. The van der Waals surface area contributed by atoms with Crippen LogP contribution in [0.5, 0.6) is 17.2 Å². The van der Waals surface area contributed by atoms with Crippen molar-refractivity contribution < 1.29 is 19.0 Å². The quantitative estimate of drug-likeness (QED) is 0.833. The molecular formula is C20H23NO4. The zero-order valence-corrected chi connectivity index (χ0v) is 14.6. The highest BCUT2D eigenvalue weighted by Gasteiger charge is 2.13. The van der Waals surface area contributed by atoms with Crippen LogP contribution in [0.2, 0.25) is 0 Å². The predicted octanol–water partition coefficient (Wildman–Crippen LogP) is 3.77. The lowest BCUT2D eigenvalue weighted by molar-refractivity contribution is 0.0951. The van der Waals surface area contributed by atoms with Crippen LogP contribution in [-0.4, -0.2) is 19.3 Å².